The number of carbonyl (C=O) groups excluding carboxylic acids is 1. The highest BCUT2D eigenvalue weighted by atomic mass is 16.7. The first kappa shape index (κ1) is 37.0. The number of hydrogen-bond donors (Lipinski definition) is 6. The predicted molar refractivity (Wildman–Crippen MR) is 157 cm³/mol. The smallest absolute Gasteiger partial charge is 0.220 e. The Balaban J connectivity index is 2.51. The van der Waals surface area contributed by atoms with Crippen LogP contribution in [0.25, 0.3) is 0 Å². The van der Waals surface area contributed by atoms with E-state index in [9.17, 15) is 30.3 Å². The summed E-state index contributed by atoms with van der Waals surface area (Å²) < 4.78 is 11.0. The van der Waals surface area contributed by atoms with Crippen LogP contribution in [0.15, 0.2) is 12.2 Å². The van der Waals surface area contributed by atoms with E-state index in [1.165, 1.54) is 57.8 Å². The molecule has 0 aromatic heterocycles. The number of hydrogen-bond acceptors (Lipinski definition) is 8. The monoisotopic (exact) mass is 573 g/mol. The number of aliphatic hydroxyl groups excluding tert-OH is 5. The van der Waals surface area contributed by atoms with Crippen molar-refractivity contribution in [3.05, 3.63) is 12.2 Å². The normalized spacial score (nSPS) is 24.8. The van der Waals surface area contributed by atoms with E-state index in [0.717, 1.165) is 44.9 Å². The van der Waals surface area contributed by atoms with Crippen LogP contribution in [0.5, 0.6) is 0 Å². The van der Waals surface area contributed by atoms with Gasteiger partial charge in [0.05, 0.1) is 25.4 Å². The maximum atomic E-state index is 12.7. The summed E-state index contributed by atoms with van der Waals surface area (Å²) in [7, 11) is 0. The largest absolute Gasteiger partial charge is 0.394 e. The molecule has 1 amide bonds. The van der Waals surface area contributed by atoms with Gasteiger partial charge in [-0.1, -0.05) is 109 Å². The summed E-state index contributed by atoms with van der Waals surface area (Å²) in [5.41, 5.74) is 0. The molecule has 7 unspecified atom stereocenters. The number of rotatable bonds is 24. The maximum absolute atomic E-state index is 12.7. The minimum atomic E-state index is -1.56. The number of allylic oxidation sites excluding steroid dienone is 1. The quantitative estimate of drug-likeness (QED) is 0.0753. The second-order valence-corrected chi connectivity index (χ2v) is 11.3. The van der Waals surface area contributed by atoms with Gasteiger partial charge in [-0.3, -0.25) is 4.79 Å². The van der Waals surface area contributed by atoms with E-state index in [-0.39, 0.29) is 12.5 Å². The number of nitrogens with one attached hydrogen (secondary N) is 1. The summed E-state index contributed by atoms with van der Waals surface area (Å²) in [6.45, 7) is 3.63. The van der Waals surface area contributed by atoms with E-state index in [0.29, 0.717) is 6.42 Å². The Labute approximate surface area is 242 Å². The van der Waals surface area contributed by atoms with Crippen molar-refractivity contribution < 1.29 is 39.8 Å². The third-order valence-electron chi connectivity index (χ3n) is 7.61. The lowest BCUT2D eigenvalue weighted by Gasteiger charge is -2.40. The van der Waals surface area contributed by atoms with Crippen LogP contribution in [-0.2, 0) is 14.3 Å². The Morgan fingerprint density at radius 1 is 0.825 bits per heavy atom. The third kappa shape index (κ3) is 15.8. The zero-order valence-corrected chi connectivity index (χ0v) is 25.1. The molecule has 1 saturated heterocycles. The van der Waals surface area contributed by atoms with Crippen LogP contribution < -0.4 is 5.32 Å². The summed E-state index contributed by atoms with van der Waals surface area (Å²) >= 11 is 0. The van der Waals surface area contributed by atoms with Gasteiger partial charge in [-0.15, -0.1) is 0 Å². The zero-order valence-electron chi connectivity index (χ0n) is 25.1. The SMILES string of the molecule is CCCCCC/C=C/C(O)C(COC1OC(CO)C(O)C(O)C1O)NC(=O)CCCCCCCCCCCCC. The fraction of sp³-hybridized carbons (Fsp3) is 0.903. The highest BCUT2D eigenvalue weighted by molar-refractivity contribution is 5.76. The fourth-order valence-corrected chi connectivity index (χ4v) is 4.92. The van der Waals surface area contributed by atoms with Crippen molar-refractivity contribution in [1.29, 1.82) is 0 Å². The molecule has 9 nitrogen and oxygen atoms in total. The number of amides is 1. The molecule has 0 aromatic carbocycles. The molecule has 1 heterocycles. The van der Waals surface area contributed by atoms with E-state index < -0.39 is 49.5 Å². The van der Waals surface area contributed by atoms with Crippen LogP contribution in [0.2, 0.25) is 0 Å². The summed E-state index contributed by atoms with van der Waals surface area (Å²) in [5.74, 6) is -0.186. The van der Waals surface area contributed by atoms with E-state index in [2.05, 4.69) is 19.2 Å². The Hall–Kier alpha value is -1.07. The molecule has 0 spiro atoms. The van der Waals surface area contributed by atoms with Crippen LogP contribution in [0.4, 0.5) is 0 Å². The van der Waals surface area contributed by atoms with Crippen LogP contribution in [0.1, 0.15) is 123 Å². The first-order valence-electron chi connectivity index (χ1n) is 15.9. The molecule has 7 atom stereocenters. The van der Waals surface area contributed by atoms with Crippen molar-refractivity contribution in [2.45, 2.75) is 166 Å². The molecule has 0 aromatic rings. The van der Waals surface area contributed by atoms with E-state index >= 15 is 0 Å². The van der Waals surface area contributed by atoms with Crippen molar-refractivity contribution in [1.82, 2.24) is 5.32 Å². The molecule has 0 aliphatic carbocycles. The van der Waals surface area contributed by atoms with Gasteiger partial charge in [0.1, 0.15) is 24.4 Å². The van der Waals surface area contributed by atoms with Crippen LogP contribution in [0, 0.1) is 0 Å². The number of ether oxygens (including phenoxy) is 2. The van der Waals surface area contributed by atoms with Gasteiger partial charge in [0.15, 0.2) is 6.29 Å². The third-order valence-corrected chi connectivity index (χ3v) is 7.61. The lowest BCUT2D eigenvalue weighted by atomic mass is 9.99. The number of aliphatic hydroxyl groups is 5. The van der Waals surface area contributed by atoms with Gasteiger partial charge in [0, 0.05) is 6.42 Å². The topological polar surface area (TPSA) is 149 Å². The minimum Gasteiger partial charge on any atom is -0.394 e. The van der Waals surface area contributed by atoms with Gasteiger partial charge in [0.2, 0.25) is 5.91 Å². The second kappa shape index (κ2) is 23.5. The molecule has 0 radical (unpaired) electrons. The summed E-state index contributed by atoms with van der Waals surface area (Å²) in [6.07, 6.45) is 14.3. The van der Waals surface area contributed by atoms with Crippen molar-refractivity contribution in [2.24, 2.45) is 0 Å². The van der Waals surface area contributed by atoms with Gasteiger partial charge in [-0.05, 0) is 19.3 Å². The summed E-state index contributed by atoms with van der Waals surface area (Å²) in [5, 5.41) is 53.3. The summed E-state index contributed by atoms with van der Waals surface area (Å²) in [6, 6.07) is -0.792. The van der Waals surface area contributed by atoms with Gasteiger partial charge in [-0.2, -0.15) is 0 Å². The van der Waals surface area contributed by atoms with Crippen molar-refractivity contribution in [3.8, 4) is 0 Å². The Bertz CT molecular complexity index is 647. The molecule has 1 rings (SSSR count). The molecule has 1 aliphatic rings. The Kier molecular flexibility index (Phi) is 21.7. The lowest BCUT2D eigenvalue weighted by Crippen LogP contribution is -2.60. The highest BCUT2D eigenvalue weighted by Crippen LogP contribution is 2.22. The first-order valence-corrected chi connectivity index (χ1v) is 15.9. The Morgan fingerprint density at radius 2 is 1.38 bits per heavy atom. The second-order valence-electron chi connectivity index (χ2n) is 11.3. The van der Waals surface area contributed by atoms with Crippen molar-refractivity contribution in [3.63, 3.8) is 0 Å². The van der Waals surface area contributed by atoms with E-state index in [1.54, 1.807) is 6.08 Å². The van der Waals surface area contributed by atoms with Crippen LogP contribution in [0.3, 0.4) is 0 Å². The maximum Gasteiger partial charge on any atom is 0.220 e. The highest BCUT2D eigenvalue weighted by Gasteiger charge is 2.44. The predicted octanol–water partition coefficient (Wildman–Crippen LogP) is 3.88. The molecular weight excluding hydrogens is 514 g/mol. The van der Waals surface area contributed by atoms with Crippen LogP contribution in [-0.4, -0.2) is 87.5 Å². The molecule has 1 fully saturated rings. The van der Waals surface area contributed by atoms with Crippen molar-refractivity contribution in [2.75, 3.05) is 13.2 Å². The fourth-order valence-electron chi connectivity index (χ4n) is 4.92. The summed E-state index contributed by atoms with van der Waals surface area (Å²) in [4.78, 5) is 12.7. The Morgan fingerprint density at radius 3 is 1.95 bits per heavy atom. The van der Waals surface area contributed by atoms with Gasteiger partial charge in [0.25, 0.3) is 0 Å². The van der Waals surface area contributed by atoms with Crippen molar-refractivity contribution >= 4 is 5.91 Å². The first-order chi connectivity index (χ1) is 19.3. The molecule has 1 aliphatic heterocycles. The van der Waals surface area contributed by atoms with Gasteiger partial charge < -0.3 is 40.3 Å². The minimum absolute atomic E-state index is 0.186. The number of unbranched alkanes of at least 4 members (excludes halogenated alkanes) is 14. The van der Waals surface area contributed by atoms with Gasteiger partial charge >= 0.3 is 0 Å². The van der Waals surface area contributed by atoms with E-state index in [4.69, 9.17) is 9.47 Å². The molecule has 6 N–H and O–H groups in total. The van der Waals surface area contributed by atoms with Gasteiger partial charge in [-0.25, -0.2) is 0 Å². The average molecular weight is 574 g/mol. The molecule has 9 heteroatoms. The van der Waals surface area contributed by atoms with Crippen LogP contribution >= 0.6 is 0 Å². The molecule has 0 saturated carbocycles. The molecule has 236 valence electrons. The molecule has 0 bridgehead atoms. The molecule has 40 heavy (non-hydrogen) atoms. The van der Waals surface area contributed by atoms with E-state index in [1.807, 2.05) is 6.08 Å². The molecular formula is C31H59NO8. The average Bonchev–Trinajstić information content (AvgIpc) is 2.95. The lowest BCUT2D eigenvalue weighted by molar-refractivity contribution is -0.302. The number of carbonyl (C=O) groups is 1. The standard InChI is InChI=1S/C31H59NO8/c1-3-5-7-9-11-12-13-14-15-17-19-21-27(35)32-24(25(34)20-18-16-10-8-6-4-2)23-39-31-30(38)29(37)28(36)26(22-33)40-31/h18,20,24-26,28-31,33-34,36-38H,3-17,19,21-23H2,1-2H3,(H,32,35)/b20-18+. The zero-order chi connectivity index (χ0) is 29.6.